The summed E-state index contributed by atoms with van der Waals surface area (Å²) in [6.45, 7) is 0.0305. The Labute approximate surface area is 183 Å². The van der Waals surface area contributed by atoms with Gasteiger partial charge in [-0.15, -0.1) is 0 Å². The summed E-state index contributed by atoms with van der Waals surface area (Å²) in [5, 5.41) is 6.51. The fraction of sp³-hybridized carbons (Fsp3) is 0.250. The Balaban J connectivity index is 1.50. The van der Waals surface area contributed by atoms with Gasteiger partial charge in [0.1, 0.15) is 10.6 Å². The lowest BCUT2D eigenvalue weighted by Gasteiger charge is -2.13. The highest BCUT2D eigenvalue weighted by Gasteiger charge is 2.29. The maximum Gasteiger partial charge on any atom is 0.263 e. The SMILES string of the molecule is COc1ccccc1NS(=O)(=O)c1cc(C(=O)NCc2nc(C3CC3)no2)ccc1Cl. The van der Waals surface area contributed by atoms with Crippen molar-refractivity contribution < 1.29 is 22.5 Å². The van der Waals surface area contributed by atoms with Crippen LogP contribution in [0, 0.1) is 0 Å². The second-order valence-corrected chi connectivity index (χ2v) is 9.01. The van der Waals surface area contributed by atoms with E-state index in [2.05, 4.69) is 20.2 Å². The molecule has 1 aromatic heterocycles. The van der Waals surface area contributed by atoms with Crippen LogP contribution in [0.5, 0.6) is 5.75 Å². The monoisotopic (exact) mass is 462 g/mol. The average molecular weight is 463 g/mol. The van der Waals surface area contributed by atoms with E-state index in [4.69, 9.17) is 20.9 Å². The van der Waals surface area contributed by atoms with Gasteiger partial charge in [0.15, 0.2) is 5.82 Å². The molecule has 0 radical (unpaired) electrons. The van der Waals surface area contributed by atoms with Gasteiger partial charge < -0.3 is 14.6 Å². The van der Waals surface area contributed by atoms with Crippen molar-refractivity contribution in [2.45, 2.75) is 30.2 Å². The predicted octanol–water partition coefficient (Wildman–Crippen LogP) is 3.34. The number of carbonyl (C=O) groups excluding carboxylic acids is 1. The van der Waals surface area contributed by atoms with Crippen molar-refractivity contribution in [1.82, 2.24) is 15.5 Å². The molecular formula is C20H19ClN4O5S. The highest BCUT2D eigenvalue weighted by Crippen LogP contribution is 2.38. The first-order chi connectivity index (χ1) is 14.9. The molecule has 2 aromatic carbocycles. The first-order valence-electron chi connectivity index (χ1n) is 9.43. The third-order valence-corrected chi connectivity index (χ3v) is 6.51. The summed E-state index contributed by atoms with van der Waals surface area (Å²) in [4.78, 5) is 16.5. The zero-order valence-corrected chi connectivity index (χ0v) is 18.0. The number of halogens is 1. The van der Waals surface area contributed by atoms with E-state index in [1.807, 2.05) is 0 Å². The maximum absolute atomic E-state index is 12.9. The number of para-hydroxylation sites is 2. The first kappa shape index (κ1) is 21.1. The van der Waals surface area contributed by atoms with Crippen LogP contribution in [0.2, 0.25) is 5.02 Å². The van der Waals surface area contributed by atoms with E-state index in [9.17, 15) is 13.2 Å². The molecule has 1 amide bonds. The van der Waals surface area contributed by atoms with Crippen molar-refractivity contribution in [3.8, 4) is 5.75 Å². The second kappa shape index (κ2) is 8.56. The number of amides is 1. The summed E-state index contributed by atoms with van der Waals surface area (Å²) in [6, 6.07) is 10.5. The smallest absolute Gasteiger partial charge is 0.263 e. The molecule has 31 heavy (non-hydrogen) atoms. The molecule has 0 bridgehead atoms. The molecule has 0 spiro atoms. The lowest BCUT2D eigenvalue weighted by Crippen LogP contribution is -2.23. The van der Waals surface area contributed by atoms with Gasteiger partial charge in [-0.3, -0.25) is 9.52 Å². The molecule has 3 aromatic rings. The Kier molecular flexibility index (Phi) is 5.84. The molecule has 1 aliphatic carbocycles. The highest BCUT2D eigenvalue weighted by molar-refractivity contribution is 7.92. The van der Waals surface area contributed by atoms with Crippen LogP contribution in [-0.4, -0.2) is 31.6 Å². The number of anilines is 1. The van der Waals surface area contributed by atoms with Gasteiger partial charge >= 0.3 is 0 Å². The molecule has 2 N–H and O–H groups in total. The summed E-state index contributed by atoms with van der Waals surface area (Å²) in [5.74, 6) is 1.12. The van der Waals surface area contributed by atoms with Crippen LogP contribution in [0.1, 0.15) is 40.8 Å². The molecule has 0 saturated heterocycles. The van der Waals surface area contributed by atoms with Crippen molar-refractivity contribution in [3.63, 3.8) is 0 Å². The number of rotatable bonds is 8. The number of benzene rings is 2. The number of nitrogens with one attached hydrogen (secondary N) is 2. The van der Waals surface area contributed by atoms with Crippen LogP contribution < -0.4 is 14.8 Å². The third kappa shape index (κ3) is 4.80. The maximum atomic E-state index is 12.9. The Bertz CT molecular complexity index is 1220. The van der Waals surface area contributed by atoms with Gasteiger partial charge in [0.05, 0.1) is 24.4 Å². The van der Waals surface area contributed by atoms with Crippen molar-refractivity contribution in [3.05, 3.63) is 64.8 Å². The van der Waals surface area contributed by atoms with Gasteiger partial charge in [-0.2, -0.15) is 4.98 Å². The van der Waals surface area contributed by atoms with Crippen molar-refractivity contribution in [2.75, 3.05) is 11.8 Å². The molecule has 1 saturated carbocycles. The van der Waals surface area contributed by atoms with Crippen LogP contribution in [0.25, 0.3) is 0 Å². The molecule has 1 heterocycles. The fourth-order valence-electron chi connectivity index (χ4n) is 2.88. The molecule has 1 aliphatic rings. The Morgan fingerprint density at radius 1 is 1.26 bits per heavy atom. The van der Waals surface area contributed by atoms with E-state index < -0.39 is 15.9 Å². The van der Waals surface area contributed by atoms with Crippen LogP contribution in [0.3, 0.4) is 0 Å². The summed E-state index contributed by atoms with van der Waals surface area (Å²) < 4.78 is 38.5. The van der Waals surface area contributed by atoms with E-state index in [-0.39, 0.29) is 33.6 Å². The number of ether oxygens (including phenoxy) is 1. The van der Waals surface area contributed by atoms with Gasteiger partial charge in [-0.25, -0.2) is 8.42 Å². The van der Waals surface area contributed by atoms with Crippen LogP contribution in [-0.2, 0) is 16.6 Å². The Morgan fingerprint density at radius 2 is 2.03 bits per heavy atom. The topological polar surface area (TPSA) is 123 Å². The molecule has 9 nitrogen and oxygen atoms in total. The number of carbonyl (C=O) groups is 1. The lowest BCUT2D eigenvalue weighted by molar-refractivity contribution is 0.0946. The molecule has 0 atom stereocenters. The quantitative estimate of drug-likeness (QED) is 0.526. The zero-order valence-electron chi connectivity index (χ0n) is 16.5. The molecule has 0 aliphatic heterocycles. The zero-order chi connectivity index (χ0) is 22.0. The minimum atomic E-state index is -4.08. The Hall–Kier alpha value is -3.11. The summed E-state index contributed by atoms with van der Waals surface area (Å²) >= 11 is 6.12. The van der Waals surface area contributed by atoms with Gasteiger partial charge in [-0.05, 0) is 43.2 Å². The number of nitrogens with zero attached hydrogens (tertiary/aromatic N) is 2. The number of sulfonamides is 1. The average Bonchev–Trinajstić information content (AvgIpc) is 3.50. The predicted molar refractivity (Wildman–Crippen MR) is 113 cm³/mol. The normalized spacial score (nSPS) is 13.6. The van der Waals surface area contributed by atoms with Crippen LogP contribution in [0.4, 0.5) is 5.69 Å². The summed E-state index contributed by atoms with van der Waals surface area (Å²) in [6.07, 6.45) is 2.08. The van der Waals surface area contributed by atoms with Crippen LogP contribution >= 0.6 is 11.6 Å². The van der Waals surface area contributed by atoms with E-state index in [0.29, 0.717) is 17.5 Å². The van der Waals surface area contributed by atoms with E-state index >= 15 is 0 Å². The number of methoxy groups -OCH3 is 1. The largest absolute Gasteiger partial charge is 0.495 e. The number of aromatic nitrogens is 2. The number of hydrogen-bond acceptors (Lipinski definition) is 7. The van der Waals surface area contributed by atoms with Crippen molar-refractivity contribution >= 4 is 33.2 Å². The highest BCUT2D eigenvalue weighted by atomic mass is 35.5. The number of hydrogen-bond donors (Lipinski definition) is 2. The van der Waals surface area contributed by atoms with Gasteiger partial charge in [-0.1, -0.05) is 28.9 Å². The first-order valence-corrected chi connectivity index (χ1v) is 11.3. The van der Waals surface area contributed by atoms with Gasteiger partial charge in [0.2, 0.25) is 5.89 Å². The fourth-order valence-corrected chi connectivity index (χ4v) is 4.48. The molecule has 162 valence electrons. The van der Waals surface area contributed by atoms with Crippen molar-refractivity contribution in [1.29, 1.82) is 0 Å². The Morgan fingerprint density at radius 3 is 2.77 bits per heavy atom. The standard InChI is InChI=1S/C20H19ClN4O5S/c1-29-16-5-3-2-4-15(16)25-31(27,28)17-10-13(8-9-14(17)21)20(26)22-11-18-23-19(24-30-18)12-6-7-12/h2-5,8-10,12,25H,6-7,11H2,1H3,(H,22,26). The van der Waals surface area contributed by atoms with Gasteiger partial charge in [0.25, 0.3) is 15.9 Å². The minimum absolute atomic E-state index is 0.0232. The van der Waals surface area contributed by atoms with E-state index in [1.165, 1.54) is 25.3 Å². The summed E-state index contributed by atoms with van der Waals surface area (Å²) in [7, 11) is -2.65. The van der Waals surface area contributed by atoms with E-state index in [0.717, 1.165) is 12.8 Å². The minimum Gasteiger partial charge on any atom is -0.495 e. The molecule has 1 fully saturated rings. The van der Waals surface area contributed by atoms with Gasteiger partial charge in [0, 0.05) is 11.5 Å². The molecule has 11 heteroatoms. The lowest BCUT2D eigenvalue weighted by atomic mass is 10.2. The van der Waals surface area contributed by atoms with Crippen LogP contribution in [0.15, 0.2) is 51.9 Å². The summed E-state index contributed by atoms with van der Waals surface area (Å²) in [5.41, 5.74) is 0.366. The molecule has 4 rings (SSSR count). The van der Waals surface area contributed by atoms with Crippen molar-refractivity contribution in [2.24, 2.45) is 0 Å². The molecule has 0 unspecified atom stereocenters. The third-order valence-electron chi connectivity index (χ3n) is 4.66. The second-order valence-electron chi connectivity index (χ2n) is 6.95. The van der Waals surface area contributed by atoms with E-state index in [1.54, 1.807) is 24.3 Å². The molecular weight excluding hydrogens is 444 g/mol.